The van der Waals surface area contributed by atoms with Gasteiger partial charge in [0.15, 0.2) is 0 Å². The fourth-order valence-corrected chi connectivity index (χ4v) is 2.73. The molecule has 130 valence electrons. The lowest BCUT2D eigenvalue weighted by molar-refractivity contribution is 0.0297. The predicted octanol–water partition coefficient (Wildman–Crippen LogP) is 2.18. The first-order valence-electron chi connectivity index (χ1n) is 7.73. The lowest BCUT2D eigenvalue weighted by Gasteiger charge is -2.17. The average molecular weight is 350 g/mol. The Morgan fingerprint density at radius 3 is 2.71 bits per heavy atom. The first kappa shape index (κ1) is 18.3. The van der Waals surface area contributed by atoms with Crippen molar-refractivity contribution in [2.24, 2.45) is 0 Å². The number of amides is 2. The molecular weight excluding hydrogens is 328 g/mol. The Morgan fingerprint density at radius 2 is 2.00 bits per heavy atom. The van der Waals surface area contributed by atoms with Crippen LogP contribution in [-0.4, -0.2) is 44.0 Å². The molecule has 1 heterocycles. The van der Waals surface area contributed by atoms with Crippen molar-refractivity contribution in [3.63, 3.8) is 0 Å². The number of ether oxygens (including phenoxy) is 2. The van der Waals surface area contributed by atoms with Crippen molar-refractivity contribution in [1.29, 1.82) is 0 Å². The molecule has 1 aromatic heterocycles. The molecule has 0 spiro atoms. The maximum absolute atomic E-state index is 11.8. The van der Waals surface area contributed by atoms with E-state index in [-0.39, 0.29) is 25.3 Å². The Morgan fingerprint density at radius 1 is 1.17 bits per heavy atom. The number of hydrogen-bond donors (Lipinski definition) is 3. The van der Waals surface area contributed by atoms with Gasteiger partial charge in [-0.05, 0) is 34.5 Å². The first-order valence-corrected chi connectivity index (χ1v) is 8.68. The van der Waals surface area contributed by atoms with Crippen molar-refractivity contribution in [3.05, 3.63) is 52.7 Å². The number of urea groups is 1. The van der Waals surface area contributed by atoms with Crippen molar-refractivity contribution in [1.82, 2.24) is 10.6 Å². The molecule has 0 aliphatic carbocycles. The molecule has 2 amide bonds. The summed E-state index contributed by atoms with van der Waals surface area (Å²) < 4.78 is 11.1. The minimum atomic E-state index is -0.278. The van der Waals surface area contributed by atoms with Gasteiger partial charge in [0.05, 0.1) is 19.8 Å². The molecule has 24 heavy (non-hydrogen) atoms. The summed E-state index contributed by atoms with van der Waals surface area (Å²) in [7, 11) is 0. The second-order valence-corrected chi connectivity index (χ2v) is 5.72. The quantitative estimate of drug-likeness (QED) is 0.574. The summed E-state index contributed by atoms with van der Waals surface area (Å²) in [6.45, 7) is 1.31. The highest BCUT2D eigenvalue weighted by atomic mass is 32.1. The Labute approximate surface area is 145 Å². The molecular formula is C17H22N2O4S. The lowest BCUT2D eigenvalue weighted by atomic mass is 10.2. The highest BCUT2D eigenvalue weighted by Gasteiger charge is 2.13. The molecule has 0 fully saturated rings. The van der Waals surface area contributed by atoms with E-state index in [9.17, 15) is 4.79 Å². The van der Waals surface area contributed by atoms with E-state index in [1.165, 1.54) is 0 Å². The van der Waals surface area contributed by atoms with Crippen molar-refractivity contribution >= 4 is 17.4 Å². The second-order valence-electron chi connectivity index (χ2n) is 4.94. The Hall–Kier alpha value is -2.09. The van der Waals surface area contributed by atoms with Crippen LogP contribution in [-0.2, 0) is 4.74 Å². The molecule has 0 bridgehead atoms. The number of aliphatic hydroxyl groups excluding tert-OH is 1. The molecule has 0 aliphatic heterocycles. The van der Waals surface area contributed by atoms with E-state index in [1.807, 2.05) is 47.2 Å². The van der Waals surface area contributed by atoms with Gasteiger partial charge < -0.3 is 25.2 Å². The van der Waals surface area contributed by atoms with E-state index in [0.717, 1.165) is 11.3 Å². The van der Waals surface area contributed by atoms with Crippen LogP contribution in [0.4, 0.5) is 4.79 Å². The van der Waals surface area contributed by atoms with Crippen LogP contribution in [0.5, 0.6) is 5.75 Å². The van der Waals surface area contributed by atoms with Gasteiger partial charge in [-0.2, -0.15) is 11.3 Å². The highest BCUT2D eigenvalue weighted by molar-refractivity contribution is 7.07. The van der Waals surface area contributed by atoms with Crippen LogP contribution in [0.25, 0.3) is 0 Å². The number of hydrogen-bond acceptors (Lipinski definition) is 5. The van der Waals surface area contributed by atoms with Crippen molar-refractivity contribution in [2.45, 2.75) is 6.10 Å². The van der Waals surface area contributed by atoms with Crippen molar-refractivity contribution in [2.75, 3.05) is 32.9 Å². The van der Waals surface area contributed by atoms with Crippen LogP contribution in [0.15, 0.2) is 47.2 Å². The topological polar surface area (TPSA) is 79.8 Å². The normalized spacial score (nSPS) is 11.7. The summed E-state index contributed by atoms with van der Waals surface area (Å²) >= 11 is 1.56. The van der Waals surface area contributed by atoms with Gasteiger partial charge in [-0.1, -0.05) is 18.2 Å². The number of carbonyl (C=O) groups is 1. The monoisotopic (exact) mass is 350 g/mol. The average Bonchev–Trinajstić information content (AvgIpc) is 3.14. The third kappa shape index (κ3) is 6.57. The van der Waals surface area contributed by atoms with Crippen LogP contribution in [0.2, 0.25) is 0 Å². The summed E-state index contributed by atoms with van der Waals surface area (Å²) in [5, 5.41) is 18.3. The van der Waals surface area contributed by atoms with E-state index < -0.39 is 0 Å². The molecule has 0 aliphatic rings. The summed E-state index contributed by atoms with van der Waals surface area (Å²) in [5.41, 5.74) is 0.987. The molecule has 1 atom stereocenters. The van der Waals surface area contributed by atoms with E-state index >= 15 is 0 Å². The van der Waals surface area contributed by atoms with Gasteiger partial charge in [-0.15, -0.1) is 0 Å². The molecule has 2 rings (SSSR count). The number of para-hydroxylation sites is 1. The summed E-state index contributed by atoms with van der Waals surface area (Å²) in [5.74, 6) is 0.773. The van der Waals surface area contributed by atoms with Gasteiger partial charge in [0.2, 0.25) is 0 Å². The van der Waals surface area contributed by atoms with Gasteiger partial charge >= 0.3 is 6.03 Å². The zero-order valence-corrected chi connectivity index (χ0v) is 14.1. The van der Waals surface area contributed by atoms with E-state index in [4.69, 9.17) is 14.6 Å². The fraction of sp³-hybridized carbons (Fsp3) is 0.353. The zero-order valence-electron chi connectivity index (χ0n) is 13.3. The molecule has 6 nitrogen and oxygen atoms in total. The van der Waals surface area contributed by atoms with Crippen molar-refractivity contribution in [3.8, 4) is 5.75 Å². The van der Waals surface area contributed by atoms with Gasteiger partial charge in [-0.25, -0.2) is 4.79 Å². The number of thiophene rings is 1. The molecule has 3 N–H and O–H groups in total. The first-order chi connectivity index (χ1) is 11.8. The van der Waals surface area contributed by atoms with Gasteiger partial charge in [0.25, 0.3) is 0 Å². The summed E-state index contributed by atoms with van der Waals surface area (Å²) in [4.78, 5) is 11.8. The van der Waals surface area contributed by atoms with Gasteiger partial charge in [0, 0.05) is 6.54 Å². The maximum atomic E-state index is 11.8. The molecule has 1 aromatic carbocycles. The minimum Gasteiger partial charge on any atom is -0.492 e. The van der Waals surface area contributed by atoms with E-state index in [2.05, 4.69) is 10.6 Å². The third-order valence-electron chi connectivity index (χ3n) is 3.17. The highest BCUT2D eigenvalue weighted by Crippen LogP contribution is 2.19. The zero-order chi connectivity index (χ0) is 17.0. The number of nitrogens with one attached hydrogen (secondary N) is 2. The second kappa shape index (κ2) is 10.6. The van der Waals surface area contributed by atoms with Crippen molar-refractivity contribution < 1.29 is 19.4 Å². The maximum Gasteiger partial charge on any atom is 0.315 e. The Bertz CT molecular complexity index is 578. The van der Waals surface area contributed by atoms with E-state index in [1.54, 1.807) is 11.3 Å². The standard InChI is InChI=1S/C17H22N2O4S/c20-8-10-23-16(14-6-11-24-13-14)12-19-17(21)18-7-9-22-15-4-2-1-3-5-15/h1-6,11,13,16,20H,7-10,12H2,(H2,18,19,21). The van der Waals surface area contributed by atoms with Crippen LogP contribution in [0.1, 0.15) is 11.7 Å². The van der Waals surface area contributed by atoms with E-state index in [0.29, 0.717) is 19.7 Å². The van der Waals surface area contributed by atoms with Crippen LogP contribution in [0.3, 0.4) is 0 Å². The molecule has 1 unspecified atom stereocenters. The molecule has 7 heteroatoms. The van der Waals surface area contributed by atoms with Crippen LogP contribution < -0.4 is 15.4 Å². The summed E-state index contributed by atoms with van der Waals surface area (Å²) in [6.07, 6.45) is -0.269. The Balaban J connectivity index is 1.65. The number of aliphatic hydroxyl groups is 1. The number of rotatable bonds is 10. The van der Waals surface area contributed by atoms with Gasteiger partial charge in [0.1, 0.15) is 18.5 Å². The molecule has 0 radical (unpaired) electrons. The van der Waals surface area contributed by atoms with Crippen LogP contribution in [0, 0.1) is 0 Å². The fourth-order valence-electron chi connectivity index (χ4n) is 2.02. The lowest BCUT2D eigenvalue weighted by Crippen LogP contribution is -2.40. The third-order valence-corrected chi connectivity index (χ3v) is 3.87. The number of carbonyl (C=O) groups excluding carboxylic acids is 1. The molecule has 2 aromatic rings. The Kier molecular flexibility index (Phi) is 8.09. The largest absolute Gasteiger partial charge is 0.492 e. The smallest absolute Gasteiger partial charge is 0.315 e. The summed E-state index contributed by atoms with van der Waals surface area (Å²) in [6, 6.07) is 11.1. The predicted molar refractivity (Wildman–Crippen MR) is 93.4 cm³/mol. The van der Waals surface area contributed by atoms with Crippen LogP contribution >= 0.6 is 11.3 Å². The SMILES string of the molecule is O=C(NCCOc1ccccc1)NCC(OCCO)c1ccsc1. The minimum absolute atomic E-state index is 0.0519. The number of benzene rings is 1. The molecule has 0 saturated heterocycles. The molecule has 0 saturated carbocycles. The van der Waals surface area contributed by atoms with Gasteiger partial charge in [-0.3, -0.25) is 0 Å².